The van der Waals surface area contributed by atoms with Crippen LogP contribution in [0.25, 0.3) is 16.2 Å². The maximum atomic E-state index is 12.2. The number of rotatable bonds is 6. The summed E-state index contributed by atoms with van der Waals surface area (Å²) in [4.78, 5) is 17.8. The molecule has 0 aliphatic heterocycles. The molecule has 0 bridgehead atoms. The van der Waals surface area contributed by atoms with E-state index in [0.29, 0.717) is 13.0 Å². The minimum absolute atomic E-state index is 0.0726. The van der Waals surface area contributed by atoms with Crippen molar-refractivity contribution in [3.05, 3.63) is 71.9 Å². The number of benzene rings is 2. The second-order valence-corrected chi connectivity index (χ2v) is 9.09. The van der Waals surface area contributed by atoms with E-state index < -0.39 is 0 Å². The second kappa shape index (κ2) is 8.32. The molecular weight excluding hydrogens is 394 g/mol. The maximum absolute atomic E-state index is 12.2. The molecule has 5 nitrogen and oxygen atoms in total. The van der Waals surface area contributed by atoms with Gasteiger partial charge in [-0.15, -0.1) is 11.3 Å². The molecule has 2 heterocycles. The third kappa shape index (κ3) is 4.71. The lowest BCUT2D eigenvalue weighted by molar-refractivity contribution is -0.116. The fourth-order valence-corrected chi connectivity index (χ4v) is 3.83. The average molecular weight is 420 g/mol. The summed E-state index contributed by atoms with van der Waals surface area (Å²) in [5.41, 5.74) is 4.07. The van der Waals surface area contributed by atoms with Crippen LogP contribution in [0.1, 0.15) is 32.8 Å². The number of amides is 1. The third-order valence-electron chi connectivity index (χ3n) is 4.88. The molecular formula is C24H25N3O2S. The van der Waals surface area contributed by atoms with Gasteiger partial charge in [0.15, 0.2) is 4.96 Å². The van der Waals surface area contributed by atoms with Crippen molar-refractivity contribution in [3.63, 3.8) is 0 Å². The van der Waals surface area contributed by atoms with Gasteiger partial charge in [0.05, 0.1) is 18.7 Å². The van der Waals surface area contributed by atoms with E-state index in [4.69, 9.17) is 4.74 Å². The molecule has 2 aromatic heterocycles. The maximum Gasteiger partial charge on any atom is 0.227 e. The zero-order valence-electron chi connectivity index (χ0n) is 17.4. The molecule has 1 N–H and O–H groups in total. The van der Waals surface area contributed by atoms with Crippen LogP contribution in [0.4, 0.5) is 5.69 Å². The molecule has 6 heteroatoms. The predicted molar refractivity (Wildman–Crippen MR) is 122 cm³/mol. The lowest BCUT2D eigenvalue weighted by Gasteiger charge is -2.19. The number of hydrogen-bond acceptors (Lipinski definition) is 4. The molecule has 0 saturated carbocycles. The minimum atomic E-state index is -0.0726. The van der Waals surface area contributed by atoms with E-state index in [1.54, 1.807) is 11.3 Å². The molecule has 0 saturated heterocycles. The van der Waals surface area contributed by atoms with Crippen LogP contribution in [-0.4, -0.2) is 21.9 Å². The van der Waals surface area contributed by atoms with Crippen LogP contribution in [0.2, 0.25) is 0 Å². The Hall–Kier alpha value is -3.12. The number of nitrogens with zero attached hydrogens (tertiary/aromatic N) is 2. The number of anilines is 1. The summed E-state index contributed by atoms with van der Waals surface area (Å²) in [7, 11) is 0. The Balaban J connectivity index is 1.27. The first-order valence-electron chi connectivity index (χ1n) is 9.94. The summed E-state index contributed by atoms with van der Waals surface area (Å²) >= 11 is 1.60. The minimum Gasteiger partial charge on any atom is -0.493 e. The lowest BCUT2D eigenvalue weighted by atomic mass is 9.87. The van der Waals surface area contributed by atoms with Crippen LogP contribution < -0.4 is 10.1 Å². The van der Waals surface area contributed by atoms with Crippen LogP contribution in [0.5, 0.6) is 5.75 Å². The first kappa shape index (κ1) is 20.2. The second-order valence-electron chi connectivity index (χ2n) is 8.22. The molecule has 0 aliphatic carbocycles. The Kier molecular flexibility index (Phi) is 5.59. The number of aromatic nitrogens is 2. The SMILES string of the molecule is CC(C)(C)c1ccc(OCCC(=O)Nc2ccc(-c3cn4ccsc4n3)cc2)cc1. The molecule has 4 aromatic rings. The molecule has 0 fully saturated rings. The Morgan fingerprint density at radius 3 is 2.50 bits per heavy atom. The summed E-state index contributed by atoms with van der Waals surface area (Å²) in [5.74, 6) is 0.705. The van der Waals surface area contributed by atoms with Gasteiger partial charge in [-0.1, -0.05) is 45.0 Å². The van der Waals surface area contributed by atoms with Crippen LogP contribution in [0, 0.1) is 0 Å². The summed E-state index contributed by atoms with van der Waals surface area (Å²) in [6.45, 7) is 6.87. The first-order chi connectivity index (χ1) is 14.4. The largest absolute Gasteiger partial charge is 0.493 e. The van der Waals surface area contributed by atoms with Gasteiger partial charge in [-0.25, -0.2) is 4.98 Å². The van der Waals surface area contributed by atoms with E-state index in [1.165, 1.54) is 5.56 Å². The van der Waals surface area contributed by atoms with Crippen molar-refractivity contribution in [1.82, 2.24) is 9.38 Å². The molecule has 0 spiro atoms. The highest BCUT2D eigenvalue weighted by Crippen LogP contribution is 2.25. The summed E-state index contributed by atoms with van der Waals surface area (Å²) < 4.78 is 7.72. The van der Waals surface area contributed by atoms with Gasteiger partial charge in [0, 0.05) is 29.0 Å². The van der Waals surface area contributed by atoms with E-state index >= 15 is 0 Å². The summed E-state index contributed by atoms with van der Waals surface area (Å²) in [6.07, 6.45) is 4.29. The molecule has 0 aliphatic rings. The molecule has 0 unspecified atom stereocenters. The molecule has 4 rings (SSSR count). The van der Waals surface area contributed by atoms with Gasteiger partial charge in [0.25, 0.3) is 0 Å². The van der Waals surface area contributed by atoms with E-state index in [-0.39, 0.29) is 11.3 Å². The van der Waals surface area contributed by atoms with Crippen LogP contribution in [-0.2, 0) is 10.2 Å². The molecule has 154 valence electrons. The van der Waals surface area contributed by atoms with Gasteiger partial charge in [-0.05, 0) is 35.2 Å². The van der Waals surface area contributed by atoms with Gasteiger partial charge < -0.3 is 10.1 Å². The number of ether oxygens (including phenoxy) is 1. The van der Waals surface area contributed by atoms with Gasteiger partial charge in [-0.2, -0.15) is 0 Å². The highest BCUT2D eigenvalue weighted by Gasteiger charge is 2.13. The highest BCUT2D eigenvalue weighted by molar-refractivity contribution is 7.15. The number of imidazole rings is 1. The zero-order valence-corrected chi connectivity index (χ0v) is 18.2. The topological polar surface area (TPSA) is 55.6 Å². The number of thiazole rings is 1. The van der Waals surface area contributed by atoms with Crippen molar-refractivity contribution < 1.29 is 9.53 Å². The van der Waals surface area contributed by atoms with Gasteiger partial charge in [0.2, 0.25) is 5.91 Å². The number of carbonyl (C=O) groups excluding carboxylic acids is 1. The predicted octanol–water partition coefficient (Wildman–Crippen LogP) is 5.77. The van der Waals surface area contributed by atoms with Gasteiger partial charge in [0.1, 0.15) is 5.75 Å². The monoisotopic (exact) mass is 419 g/mol. The Labute approximate surface area is 180 Å². The Morgan fingerprint density at radius 2 is 1.83 bits per heavy atom. The van der Waals surface area contributed by atoms with Gasteiger partial charge in [-0.3, -0.25) is 9.20 Å². The van der Waals surface area contributed by atoms with E-state index in [2.05, 4.69) is 43.2 Å². The standard InChI is InChI=1S/C24H25N3O2S/c1-24(2,3)18-6-10-20(11-7-18)29-14-12-22(28)25-19-8-4-17(5-9-19)21-16-27-13-15-30-23(27)26-21/h4-11,13,15-16H,12,14H2,1-3H3,(H,25,28). The van der Waals surface area contributed by atoms with Crippen molar-refractivity contribution >= 4 is 27.9 Å². The highest BCUT2D eigenvalue weighted by atomic mass is 32.1. The van der Waals surface area contributed by atoms with Crippen molar-refractivity contribution in [2.24, 2.45) is 0 Å². The van der Waals surface area contributed by atoms with Crippen LogP contribution in [0.3, 0.4) is 0 Å². The van der Waals surface area contributed by atoms with Crippen LogP contribution >= 0.6 is 11.3 Å². The quantitative estimate of drug-likeness (QED) is 0.432. The van der Waals surface area contributed by atoms with Crippen molar-refractivity contribution in [1.29, 1.82) is 0 Å². The molecule has 1 amide bonds. The number of carbonyl (C=O) groups is 1. The Bertz CT molecular complexity index is 1110. The summed E-state index contributed by atoms with van der Waals surface area (Å²) in [6, 6.07) is 15.8. The molecule has 30 heavy (non-hydrogen) atoms. The average Bonchev–Trinajstić information content (AvgIpc) is 3.30. The van der Waals surface area contributed by atoms with Crippen molar-refractivity contribution in [2.75, 3.05) is 11.9 Å². The third-order valence-corrected chi connectivity index (χ3v) is 5.65. The number of fused-ring (bicyclic) bond motifs is 1. The normalized spacial score (nSPS) is 11.6. The Morgan fingerprint density at radius 1 is 1.10 bits per heavy atom. The fraction of sp³-hybridized carbons (Fsp3) is 0.250. The van der Waals surface area contributed by atoms with Crippen LogP contribution in [0.15, 0.2) is 66.3 Å². The molecule has 0 atom stereocenters. The summed E-state index contributed by atoms with van der Waals surface area (Å²) in [5, 5.41) is 4.92. The zero-order chi connectivity index (χ0) is 21.1. The van der Waals surface area contributed by atoms with Gasteiger partial charge >= 0.3 is 0 Å². The van der Waals surface area contributed by atoms with Crippen molar-refractivity contribution in [3.8, 4) is 17.0 Å². The molecule has 2 aromatic carbocycles. The van der Waals surface area contributed by atoms with E-state index in [1.807, 2.05) is 58.6 Å². The lowest BCUT2D eigenvalue weighted by Crippen LogP contribution is -2.15. The number of nitrogens with one attached hydrogen (secondary N) is 1. The van der Waals surface area contributed by atoms with Crippen molar-refractivity contribution in [2.45, 2.75) is 32.6 Å². The first-order valence-corrected chi connectivity index (χ1v) is 10.8. The molecule has 0 radical (unpaired) electrons. The van der Waals surface area contributed by atoms with E-state index in [0.717, 1.165) is 27.7 Å². The smallest absolute Gasteiger partial charge is 0.227 e. The van der Waals surface area contributed by atoms with E-state index in [9.17, 15) is 4.79 Å². The fourth-order valence-electron chi connectivity index (χ4n) is 3.13. The number of hydrogen-bond donors (Lipinski definition) is 1.